The number of benzene rings is 9. The van der Waals surface area contributed by atoms with Crippen molar-refractivity contribution in [2.75, 3.05) is 0 Å². The maximum absolute atomic E-state index is 6.73. The van der Waals surface area contributed by atoms with E-state index in [1.165, 1.54) is 88.7 Å². The first-order valence-corrected chi connectivity index (χ1v) is 19.2. The van der Waals surface area contributed by atoms with Crippen LogP contribution in [0.5, 0.6) is 11.5 Å². The molecule has 0 aromatic heterocycles. The predicted molar refractivity (Wildman–Crippen MR) is 224 cm³/mol. The molecule has 0 amide bonds. The summed E-state index contributed by atoms with van der Waals surface area (Å²) in [4.78, 5) is 0. The van der Waals surface area contributed by atoms with Crippen molar-refractivity contribution in [1.82, 2.24) is 0 Å². The largest absolute Gasteiger partial charge is 0.457 e. The van der Waals surface area contributed by atoms with Crippen LogP contribution in [0.25, 0.3) is 44.2 Å². The summed E-state index contributed by atoms with van der Waals surface area (Å²) in [5, 5.41) is 2.52. The fourth-order valence-electron chi connectivity index (χ4n) is 10.4. The van der Waals surface area contributed by atoms with Gasteiger partial charge in [-0.25, -0.2) is 0 Å². The smallest absolute Gasteiger partial charge is 0.132 e. The first-order chi connectivity index (χ1) is 27.3. The Morgan fingerprint density at radius 1 is 0.273 bits per heavy atom. The van der Waals surface area contributed by atoms with Crippen molar-refractivity contribution in [3.05, 3.63) is 251 Å². The van der Waals surface area contributed by atoms with Crippen LogP contribution < -0.4 is 4.74 Å². The van der Waals surface area contributed by atoms with Gasteiger partial charge in [0.05, 0.1) is 10.8 Å². The highest BCUT2D eigenvalue weighted by atomic mass is 16.5. The zero-order valence-corrected chi connectivity index (χ0v) is 30.0. The first-order valence-electron chi connectivity index (χ1n) is 19.2. The van der Waals surface area contributed by atoms with Gasteiger partial charge in [-0.15, -0.1) is 0 Å². The number of hydrogen-bond donors (Lipinski definition) is 0. The molecule has 1 heteroatoms. The Hall–Kier alpha value is -6.96. The molecule has 3 aliphatic rings. The van der Waals surface area contributed by atoms with Gasteiger partial charge in [-0.05, 0) is 108 Å². The van der Waals surface area contributed by atoms with Crippen molar-refractivity contribution in [3.8, 4) is 44.9 Å². The molecule has 0 saturated carbocycles. The van der Waals surface area contributed by atoms with Gasteiger partial charge < -0.3 is 4.74 Å². The van der Waals surface area contributed by atoms with Gasteiger partial charge in [0, 0.05) is 11.1 Å². The molecule has 1 atom stereocenters. The number of para-hydroxylation sites is 1. The minimum Gasteiger partial charge on any atom is -0.457 e. The van der Waals surface area contributed by atoms with Crippen molar-refractivity contribution in [2.24, 2.45) is 0 Å². The standard InChI is InChI=1S/C54H34O/c1-2-16-39(17-3-1)53(45-21-9-8-20-43(45)44-32-36-14-4-5-15-37(36)33-49(44)53)40-29-26-35(27-30-40)38-28-31-52-50(34-38)54(48-24-12-13-25-51(48)55-52)46-22-10-6-18-41(46)42-19-7-11-23-47(42)54/h1-34H. The summed E-state index contributed by atoms with van der Waals surface area (Å²) in [7, 11) is 0. The van der Waals surface area contributed by atoms with Crippen molar-refractivity contribution >= 4 is 10.8 Å². The monoisotopic (exact) mass is 698 g/mol. The third-order valence-electron chi connectivity index (χ3n) is 12.6. The summed E-state index contributed by atoms with van der Waals surface area (Å²) in [5.41, 5.74) is 16.7. The molecule has 55 heavy (non-hydrogen) atoms. The summed E-state index contributed by atoms with van der Waals surface area (Å²) in [5.74, 6) is 1.81. The Balaban J connectivity index is 1.07. The number of rotatable bonds is 3. The van der Waals surface area contributed by atoms with Gasteiger partial charge in [-0.1, -0.05) is 176 Å². The average Bonchev–Trinajstić information content (AvgIpc) is 3.71. The van der Waals surface area contributed by atoms with Crippen LogP contribution in [0.3, 0.4) is 0 Å². The minimum atomic E-state index is -0.495. The van der Waals surface area contributed by atoms with E-state index in [2.05, 4.69) is 206 Å². The van der Waals surface area contributed by atoms with E-state index in [-0.39, 0.29) is 0 Å². The second-order valence-electron chi connectivity index (χ2n) is 15.1. The predicted octanol–water partition coefficient (Wildman–Crippen LogP) is 13.3. The molecule has 1 unspecified atom stereocenters. The van der Waals surface area contributed by atoms with Crippen LogP contribution >= 0.6 is 0 Å². The second kappa shape index (κ2) is 11.3. The summed E-state index contributed by atoms with van der Waals surface area (Å²) >= 11 is 0. The van der Waals surface area contributed by atoms with E-state index in [9.17, 15) is 0 Å². The summed E-state index contributed by atoms with van der Waals surface area (Å²) in [6.45, 7) is 0. The Kier molecular flexibility index (Phi) is 6.25. The highest BCUT2D eigenvalue weighted by Gasteiger charge is 2.51. The molecular formula is C54H34O. The third kappa shape index (κ3) is 3.97. The van der Waals surface area contributed by atoms with Gasteiger partial charge >= 0.3 is 0 Å². The van der Waals surface area contributed by atoms with Crippen LogP contribution in [-0.4, -0.2) is 0 Å². The molecule has 9 aromatic rings. The molecule has 0 bridgehead atoms. The first kappa shape index (κ1) is 30.5. The van der Waals surface area contributed by atoms with Crippen LogP contribution in [0.2, 0.25) is 0 Å². The Morgan fingerprint density at radius 3 is 1.45 bits per heavy atom. The van der Waals surface area contributed by atoms with Crippen molar-refractivity contribution in [3.63, 3.8) is 0 Å². The third-order valence-corrected chi connectivity index (χ3v) is 12.6. The molecule has 0 saturated heterocycles. The van der Waals surface area contributed by atoms with Crippen molar-refractivity contribution < 1.29 is 4.74 Å². The molecule has 12 rings (SSSR count). The maximum atomic E-state index is 6.73. The van der Waals surface area contributed by atoms with E-state index in [0.29, 0.717) is 0 Å². The average molecular weight is 699 g/mol. The number of fused-ring (bicyclic) bond motifs is 13. The lowest BCUT2D eigenvalue weighted by molar-refractivity contribution is 0.436. The zero-order chi connectivity index (χ0) is 36.1. The Morgan fingerprint density at radius 2 is 0.764 bits per heavy atom. The maximum Gasteiger partial charge on any atom is 0.132 e. The van der Waals surface area contributed by atoms with Gasteiger partial charge in [0.1, 0.15) is 11.5 Å². The van der Waals surface area contributed by atoms with Crippen LogP contribution in [-0.2, 0) is 10.8 Å². The lowest BCUT2D eigenvalue weighted by Gasteiger charge is -2.39. The number of ether oxygens (including phenoxy) is 1. The van der Waals surface area contributed by atoms with Crippen LogP contribution in [0, 0.1) is 0 Å². The van der Waals surface area contributed by atoms with E-state index in [4.69, 9.17) is 4.74 Å². The summed E-state index contributed by atoms with van der Waals surface area (Å²) in [6, 6.07) is 76.2. The molecule has 256 valence electrons. The van der Waals surface area contributed by atoms with Gasteiger partial charge in [-0.3, -0.25) is 0 Å². The minimum absolute atomic E-state index is 0.468. The summed E-state index contributed by atoms with van der Waals surface area (Å²) < 4.78 is 6.73. The molecular weight excluding hydrogens is 665 g/mol. The fraction of sp³-hybridized carbons (Fsp3) is 0.0370. The van der Waals surface area contributed by atoms with Crippen molar-refractivity contribution in [2.45, 2.75) is 10.8 Å². The lowest BCUT2D eigenvalue weighted by Crippen LogP contribution is -2.32. The van der Waals surface area contributed by atoms with Crippen LogP contribution in [0.1, 0.15) is 44.5 Å². The molecule has 2 aliphatic carbocycles. The zero-order valence-electron chi connectivity index (χ0n) is 30.0. The fourth-order valence-corrected chi connectivity index (χ4v) is 10.4. The van der Waals surface area contributed by atoms with E-state index >= 15 is 0 Å². The highest BCUT2D eigenvalue weighted by molar-refractivity contribution is 5.96. The van der Waals surface area contributed by atoms with Crippen LogP contribution in [0.4, 0.5) is 0 Å². The van der Waals surface area contributed by atoms with E-state index < -0.39 is 10.8 Å². The van der Waals surface area contributed by atoms with Crippen molar-refractivity contribution in [1.29, 1.82) is 0 Å². The molecule has 0 radical (unpaired) electrons. The summed E-state index contributed by atoms with van der Waals surface area (Å²) in [6.07, 6.45) is 0. The number of hydrogen-bond acceptors (Lipinski definition) is 1. The van der Waals surface area contributed by atoms with Gasteiger partial charge in [0.2, 0.25) is 0 Å². The molecule has 1 heterocycles. The lowest BCUT2D eigenvalue weighted by atomic mass is 9.65. The topological polar surface area (TPSA) is 9.23 Å². The Bertz CT molecular complexity index is 2960. The van der Waals surface area contributed by atoms with Gasteiger partial charge in [0.15, 0.2) is 0 Å². The SMILES string of the molecule is c1ccc(C2(c3ccc(-c4ccc5c(c4)C4(c6ccccc6O5)c5ccccc5-c5ccccc54)cc3)c3ccccc3-c3cc4ccccc4cc32)cc1. The molecule has 1 aliphatic heterocycles. The van der Waals surface area contributed by atoms with Gasteiger partial charge in [-0.2, -0.15) is 0 Å². The van der Waals surface area contributed by atoms with E-state index in [0.717, 1.165) is 11.5 Å². The highest BCUT2D eigenvalue weighted by Crippen LogP contribution is 2.62. The molecule has 0 N–H and O–H groups in total. The Labute approximate surface area is 320 Å². The van der Waals surface area contributed by atoms with E-state index in [1.807, 2.05) is 0 Å². The molecule has 1 nitrogen and oxygen atoms in total. The normalized spacial score (nSPS) is 16.4. The van der Waals surface area contributed by atoms with E-state index in [1.54, 1.807) is 0 Å². The van der Waals surface area contributed by atoms with Gasteiger partial charge in [0.25, 0.3) is 0 Å². The molecule has 1 spiro atoms. The molecule has 9 aromatic carbocycles. The molecule has 0 fully saturated rings. The van der Waals surface area contributed by atoms with Crippen LogP contribution in [0.15, 0.2) is 206 Å². The second-order valence-corrected chi connectivity index (χ2v) is 15.1. The quantitative estimate of drug-likeness (QED) is 0.178.